The van der Waals surface area contributed by atoms with Crippen LogP contribution in [0.2, 0.25) is 0 Å². The molecule has 31 heavy (non-hydrogen) atoms. The number of carboxylic acid groups (broad SMARTS) is 1. The van der Waals surface area contributed by atoms with Crippen molar-refractivity contribution in [3.05, 3.63) is 96.1 Å². The summed E-state index contributed by atoms with van der Waals surface area (Å²) in [6, 6.07) is 24.9. The van der Waals surface area contributed by atoms with E-state index in [-0.39, 0.29) is 16.6 Å². The largest absolute Gasteiger partial charge is 0.478 e. The number of carbonyl (C=O) groups is 2. The molecule has 0 saturated carbocycles. The second kappa shape index (κ2) is 8.73. The second-order valence-corrected chi connectivity index (χ2v) is 7.14. The molecule has 3 aromatic carbocycles. The second-order valence-electron chi connectivity index (χ2n) is 6.73. The Kier molecular flexibility index (Phi) is 5.68. The lowest BCUT2D eigenvalue weighted by Gasteiger charge is -2.12. The fraction of sp³-hybridized carbons (Fsp3) is 0. The van der Waals surface area contributed by atoms with Gasteiger partial charge in [0.1, 0.15) is 0 Å². The van der Waals surface area contributed by atoms with Gasteiger partial charge < -0.3 is 10.4 Å². The molecule has 0 aliphatic heterocycles. The van der Waals surface area contributed by atoms with Crippen LogP contribution < -0.4 is 10.6 Å². The number of carboxylic acids is 1. The minimum atomic E-state index is -1.05. The summed E-state index contributed by atoms with van der Waals surface area (Å²) in [4.78, 5) is 28.9. The Balaban J connectivity index is 1.62. The summed E-state index contributed by atoms with van der Waals surface area (Å²) in [7, 11) is 0. The standard InChI is InChI=1S/C24H17N3O3S/c28-22(27-24(31)25-17-10-6-9-16(13-17)23(29)30)19-14-21(15-7-2-1-3-8-15)26-20-12-5-4-11-18(19)20/h1-14H,(H,29,30)(H2,25,27,28,31). The summed E-state index contributed by atoms with van der Waals surface area (Å²) in [6.45, 7) is 0. The molecule has 0 bridgehead atoms. The number of benzene rings is 3. The van der Waals surface area contributed by atoms with E-state index in [4.69, 9.17) is 17.3 Å². The highest BCUT2D eigenvalue weighted by molar-refractivity contribution is 7.80. The molecule has 0 radical (unpaired) electrons. The third kappa shape index (κ3) is 4.57. The van der Waals surface area contributed by atoms with Crippen LogP contribution in [0.3, 0.4) is 0 Å². The van der Waals surface area contributed by atoms with Crippen molar-refractivity contribution >= 4 is 45.8 Å². The molecule has 3 N–H and O–H groups in total. The van der Waals surface area contributed by atoms with Crippen LogP contribution in [0.15, 0.2) is 84.9 Å². The Labute approximate surface area is 183 Å². The Bertz CT molecular complexity index is 1310. The number of anilines is 1. The third-order valence-electron chi connectivity index (χ3n) is 4.62. The van der Waals surface area contributed by atoms with Crippen molar-refractivity contribution in [3.8, 4) is 11.3 Å². The smallest absolute Gasteiger partial charge is 0.335 e. The van der Waals surface area contributed by atoms with E-state index in [9.17, 15) is 9.59 Å². The van der Waals surface area contributed by atoms with Crippen LogP contribution in [0.25, 0.3) is 22.2 Å². The first-order valence-corrected chi connectivity index (χ1v) is 9.83. The number of aromatic nitrogens is 1. The lowest BCUT2D eigenvalue weighted by Crippen LogP contribution is -2.34. The molecular formula is C24H17N3O3S. The molecule has 0 unspecified atom stereocenters. The maximum atomic E-state index is 13.1. The van der Waals surface area contributed by atoms with Gasteiger partial charge in [-0.2, -0.15) is 0 Å². The first kappa shape index (κ1) is 20.2. The molecule has 6 nitrogen and oxygen atoms in total. The molecule has 4 rings (SSSR count). The maximum absolute atomic E-state index is 13.1. The van der Waals surface area contributed by atoms with Crippen LogP contribution in [0.5, 0.6) is 0 Å². The highest BCUT2D eigenvalue weighted by Crippen LogP contribution is 2.24. The molecule has 1 amide bonds. The van der Waals surface area contributed by atoms with E-state index in [0.717, 1.165) is 5.56 Å². The van der Waals surface area contributed by atoms with E-state index in [2.05, 4.69) is 15.6 Å². The first-order valence-electron chi connectivity index (χ1n) is 9.42. The van der Waals surface area contributed by atoms with E-state index >= 15 is 0 Å². The SMILES string of the molecule is O=C(O)c1cccc(NC(=S)NC(=O)c2cc(-c3ccccc3)nc3ccccc23)c1. The van der Waals surface area contributed by atoms with Crippen molar-refractivity contribution < 1.29 is 14.7 Å². The van der Waals surface area contributed by atoms with Gasteiger partial charge in [0, 0.05) is 16.6 Å². The van der Waals surface area contributed by atoms with Gasteiger partial charge >= 0.3 is 5.97 Å². The predicted molar refractivity (Wildman–Crippen MR) is 124 cm³/mol. The summed E-state index contributed by atoms with van der Waals surface area (Å²) >= 11 is 5.26. The molecule has 0 aliphatic carbocycles. The summed E-state index contributed by atoms with van der Waals surface area (Å²) in [6.07, 6.45) is 0. The average molecular weight is 427 g/mol. The van der Waals surface area contributed by atoms with Gasteiger partial charge in [-0.3, -0.25) is 10.1 Å². The molecule has 0 spiro atoms. The normalized spacial score (nSPS) is 10.5. The number of hydrogen-bond donors (Lipinski definition) is 3. The number of para-hydroxylation sites is 1. The molecule has 1 heterocycles. The maximum Gasteiger partial charge on any atom is 0.335 e. The van der Waals surface area contributed by atoms with Crippen molar-refractivity contribution in [2.45, 2.75) is 0 Å². The van der Waals surface area contributed by atoms with Gasteiger partial charge in [-0.1, -0.05) is 54.6 Å². The van der Waals surface area contributed by atoms with Gasteiger partial charge in [-0.15, -0.1) is 0 Å². The number of rotatable bonds is 4. The number of amides is 1. The highest BCUT2D eigenvalue weighted by Gasteiger charge is 2.15. The molecule has 1 aromatic heterocycles. The number of nitrogens with one attached hydrogen (secondary N) is 2. The van der Waals surface area contributed by atoms with E-state index in [0.29, 0.717) is 27.8 Å². The topological polar surface area (TPSA) is 91.3 Å². The molecule has 0 saturated heterocycles. The minimum Gasteiger partial charge on any atom is -0.478 e. The zero-order valence-electron chi connectivity index (χ0n) is 16.2. The zero-order valence-corrected chi connectivity index (χ0v) is 17.0. The Morgan fingerprint density at radius 2 is 1.61 bits per heavy atom. The number of fused-ring (bicyclic) bond motifs is 1. The molecule has 4 aromatic rings. The average Bonchev–Trinajstić information content (AvgIpc) is 2.79. The van der Waals surface area contributed by atoms with Crippen LogP contribution in [0.4, 0.5) is 5.69 Å². The van der Waals surface area contributed by atoms with Crippen LogP contribution >= 0.6 is 12.2 Å². The van der Waals surface area contributed by atoms with Crippen LogP contribution in [-0.4, -0.2) is 27.1 Å². The van der Waals surface area contributed by atoms with Gasteiger partial charge in [0.2, 0.25) is 0 Å². The zero-order chi connectivity index (χ0) is 21.8. The number of carbonyl (C=O) groups excluding carboxylic acids is 1. The number of pyridine rings is 1. The minimum absolute atomic E-state index is 0.0645. The number of aromatic carboxylic acids is 1. The molecule has 0 aliphatic rings. The van der Waals surface area contributed by atoms with Gasteiger partial charge in [-0.05, 0) is 42.5 Å². The Morgan fingerprint density at radius 3 is 2.39 bits per heavy atom. The number of nitrogens with zero attached hydrogens (tertiary/aromatic N) is 1. The fourth-order valence-electron chi connectivity index (χ4n) is 3.18. The molecule has 0 atom stereocenters. The summed E-state index contributed by atoms with van der Waals surface area (Å²) < 4.78 is 0. The number of hydrogen-bond acceptors (Lipinski definition) is 4. The Hall–Kier alpha value is -4.10. The van der Waals surface area contributed by atoms with E-state index in [1.165, 1.54) is 12.1 Å². The molecule has 152 valence electrons. The van der Waals surface area contributed by atoms with Crippen molar-refractivity contribution in [3.63, 3.8) is 0 Å². The van der Waals surface area contributed by atoms with Crippen molar-refractivity contribution in [1.82, 2.24) is 10.3 Å². The van der Waals surface area contributed by atoms with Crippen LogP contribution in [0.1, 0.15) is 20.7 Å². The van der Waals surface area contributed by atoms with Gasteiger partial charge in [0.15, 0.2) is 5.11 Å². The van der Waals surface area contributed by atoms with E-state index < -0.39 is 5.97 Å². The predicted octanol–water partition coefficient (Wildman–Crippen LogP) is 4.73. The van der Waals surface area contributed by atoms with Crippen molar-refractivity contribution in [2.24, 2.45) is 0 Å². The monoisotopic (exact) mass is 427 g/mol. The van der Waals surface area contributed by atoms with Gasteiger partial charge in [0.25, 0.3) is 5.91 Å². The van der Waals surface area contributed by atoms with Crippen molar-refractivity contribution in [1.29, 1.82) is 0 Å². The van der Waals surface area contributed by atoms with Gasteiger partial charge in [-0.25, -0.2) is 9.78 Å². The molecular weight excluding hydrogens is 410 g/mol. The van der Waals surface area contributed by atoms with Crippen molar-refractivity contribution in [2.75, 3.05) is 5.32 Å². The lowest BCUT2D eigenvalue weighted by molar-refractivity contribution is 0.0696. The quantitative estimate of drug-likeness (QED) is 0.408. The lowest BCUT2D eigenvalue weighted by atomic mass is 10.0. The summed E-state index contributed by atoms with van der Waals surface area (Å²) in [5.74, 6) is -1.43. The number of thiocarbonyl (C=S) groups is 1. The van der Waals surface area contributed by atoms with Crippen LogP contribution in [-0.2, 0) is 0 Å². The summed E-state index contributed by atoms with van der Waals surface area (Å²) in [5, 5.41) is 15.4. The molecule has 7 heteroatoms. The third-order valence-corrected chi connectivity index (χ3v) is 4.83. The first-order chi connectivity index (χ1) is 15.0. The van der Waals surface area contributed by atoms with Crippen LogP contribution in [0, 0.1) is 0 Å². The van der Waals surface area contributed by atoms with E-state index in [1.54, 1.807) is 18.2 Å². The highest BCUT2D eigenvalue weighted by atomic mass is 32.1. The Morgan fingerprint density at radius 1 is 0.871 bits per heavy atom. The summed E-state index contributed by atoms with van der Waals surface area (Å²) in [5.41, 5.74) is 3.29. The molecule has 0 fully saturated rings. The fourth-order valence-corrected chi connectivity index (χ4v) is 3.39. The van der Waals surface area contributed by atoms with Gasteiger partial charge in [0.05, 0.1) is 22.3 Å². The van der Waals surface area contributed by atoms with E-state index in [1.807, 2.05) is 54.6 Å².